The Kier molecular flexibility index (Phi) is 3.50. The van der Waals surface area contributed by atoms with Crippen LogP contribution in [-0.2, 0) is 5.41 Å². The summed E-state index contributed by atoms with van der Waals surface area (Å²) in [6.45, 7) is 0. The van der Waals surface area contributed by atoms with E-state index in [0.29, 0.717) is 0 Å². The molecule has 0 heteroatoms. The first-order chi connectivity index (χ1) is 9.42. The van der Waals surface area contributed by atoms with Gasteiger partial charge in [-0.25, -0.2) is 0 Å². The van der Waals surface area contributed by atoms with E-state index in [9.17, 15) is 0 Å². The molecule has 0 saturated heterocycles. The first kappa shape index (κ1) is 12.2. The molecule has 0 fully saturated rings. The van der Waals surface area contributed by atoms with Crippen LogP contribution in [0.5, 0.6) is 0 Å². The smallest absolute Gasteiger partial charge is 0.0381 e. The Bertz CT molecular complexity index is 497. The molecule has 0 spiro atoms. The minimum atomic E-state index is 0.0685. The van der Waals surface area contributed by atoms with Gasteiger partial charge in [0.2, 0.25) is 0 Å². The van der Waals surface area contributed by atoms with Crippen LogP contribution in [0.4, 0.5) is 0 Å². The molecule has 2 aromatic carbocycles. The summed E-state index contributed by atoms with van der Waals surface area (Å²) in [6, 6.07) is 21.9. The number of benzene rings is 2. The van der Waals surface area contributed by atoms with Crippen LogP contribution >= 0.6 is 0 Å². The highest BCUT2D eigenvalue weighted by Crippen LogP contribution is 2.40. The fourth-order valence-electron chi connectivity index (χ4n) is 3.15. The van der Waals surface area contributed by atoms with E-state index in [1.807, 2.05) is 0 Å². The van der Waals surface area contributed by atoms with Crippen LogP contribution in [0.3, 0.4) is 0 Å². The fraction of sp³-hybridized carbons (Fsp3) is 0.263. The highest BCUT2D eigenvalue weighted by molar-refractivity contribution is 5.44. The van der Waals surface area contributed by atoms with Gasteiger partial charge < -0.3 is 0 Å². The topological polar surface area (TPSA) is 0 Å². The van der Waals surface area contributed by atoms with Gasteiger partial charge in [0.25, 0.3) is 0 Å². The quantitative estimate of drug-likeness (QED) is 0.648. The zero-order valence-electron chi connectivity index (χ0n) is 11.3. The zero-order chi connectivity index (χ0) is 13.0. The Hall–Kier alpha value is -1.82. The molecule has 0 N–H and O–H groups in total. The van der Waals surface area contributed by atoms with E-state index in [2.05, 4.69) is 72.8 Å². The summed E-state index contributed by atoms with van der Waals surface area (Å²) in [4.78, 5) is 0. The molecule has 0 saturated carbocycles. The average molecular weight is 248 g/mol. The van der Waals surface area contributed by atoms with E-state index < -0.39 is 0 Å². The minimum Gasteiger partial charge on any atom is -0.0873 e. The third-order valence-corrected chi connectivity index (χ3v) is 4.17. The van der Waals surface area contributed by atoms with Crippen LogP contribution in [0.2, 0.25) is 0 Å². The number of hydrogen-bond donors (Lipinski definition) is 0. The Balaban J connectivity index is 2.15. The second kappa shape index (κ2) is 5.44. The van der Waals surface area contributed by atoms with Crippen molar-refractivity contribution in [1.82, 2.24) is 0 Å². The van der Waals surface area contributed by atoms with Crippen molar-refractivity contribution in [2.24, 2.45) is 0 Å². The fourth-order valence-corrected chi connectivity index (χ4v) is 3.15. The molecule has 1 aliphatic carbocycles. The number of hydrogen-bond acceptors (Lipinski definition) is 0. The normalized spacial score (nSPS) is 17.9. The highest BCUT2D eigenvalue weighted by atomic mass is 14.3. The molecule has 19 heavy (non-hydrogen) atoms. The Morgan fingerprint density at radius 1 is 0.684 bits per heavy atom. The van der Waals surface area contributed by atoms with Crippen molar-refractivity contribution in [2.45, 2.75) is 31.1 Å². The minimum absolute atomic E-state index is 0.0685. The van der Waals surface area contributed by atoms with Gasteiger partial charge in [-0.3, -0.25) is 0 Å². The molecule has 0 heterocycles. The summed E-state index contributed by atoms with van der Waals surface area (Å²) in [7, 11) is 0. The second-order valence-corrected chi connectivity index (χ2v) is 5.35. The molecule has 3 rings (SSSR count). The molecule has 0 radical (unpaired) electrons. The van der Waals surface area contributed by atoms with Crippen molar-refractivity contribution in [3.63, 3.8) is 0 Å². The van der Waals surface area contributed by atoms with Gasteiger partial charge in [-0.15, -0.1) is 0 Å². The second-order valence-electron chi connectivity index (χ2n) is 5.35. The molecular formula is C19H20. The van der Waals surface area contributed by atoms with Gasteiger partial charge in [0.15, 0.2) is 0 Å². The van der Waals surface area contributed by atoms with Gasteiger partial charge in [-0.2, -0.15) is 0 Å². The Morgan fingerprint density at radius 2 is 1.26 bits per heavy atom. The molecule has 0 amide bonds. The molecule has 1 aliphatic rings. The molecule has 2 aromatic rings. The van der Waals surface area contributed by atoms with Crippen molar-refractivity contribution in [3.8, 4) is 0 Å². The van der Waals surface area contributed by atoms with Crippen LogP contribution in [0.25, 0.3) is 0 Å². The SMILES string of the molecule is C1=CC(c2ccccc2)(c2ccccc2)CCCC1. The standard InChI is InChI=1S/C19H20/c1-2-10-16-19(15-9-1,17-11-5-3-6-12-17)18-13-7-4-8-14-18/h3-9,11-15H,1-2,10,16H2. The molecular weight excluding hydrogens is 228 g/mol. The molecule has 96 valence electrons. The first-order valence-corrected chi connectivity index (χ1v) is 7.21. The lowest BCUT2D eigenvalue weighted by molar-refractivity contribution is 0.552. The van der Waals surface area contributed by atoms with Gasteiger partial charge in [0.1, 0.15) is 0 Å². The Morgan fingerprint density at radius 3 is 1.84 bits per heavy atom. The largest absolute Gasteiger partial charge is 0.0873 e. The maximum Gasteiger partial charge on any atom is 0.0381 e. The third kappa shape index (κ3) is 2.35. The zero-order valence-corrected chi connectivity index (χ0v) is 11.3. The summed E-state index contributed by atoms with van der Waals surface area (Å²) in [5, 5.41) is 0. The lowest BCUT2D eigenvalue weighted by Gasteiger charge is -2.31. The molecule has 0 aromatic heterocycles. The van der Waals surface area contributed by atoms with Crippen LogP contribution < -0.4 is 0 Å². The predicted molar refractivity (Wildman–Crippen MR) is 81.3 cm³/mol. The van der Waals surface area contributed by atoms with Crippen molar-refractivity contribution < 1.29 is 0 Å². The van der Waals surface area contributed by atoms with E-state index in [-0.39, 0.29) is 5.41 Å². The predicted octanol–water partition coefficient (Wildman–Crippen LogP) is 5.10. The highest BCUT2D eigenvalue weighted by Gasteiger charge is 2.31. The van der Waals surface area contributed by atoms with Crippen molar-refractivity contribution in [3.05, 3.63) is 83.9 Å². The van der Waals surface area contributed by atoms with Gasteiger partial charge in [-0.1, -0.05) is 79.2 Å². The summed E-state index contributed by atoms with van der Waals surface area (Å²) >= 11 is 0. The van der Waals surface area contributed by atoms with Gasteiger partial charge in [0, 0.05) is 5.41 Å². The van der Waals surface area contributed by atoms with Crippen LogP contribution in [0, 0.1) is 0 Å². The van der Waals surface area contributed by atoms with E-state index in [1.54, 1.807) is 0 Å². The van der Waals surface area contributed by atoms with E-state index in [1.165, 1.54) is 36.8 Å². The summed E-state index contributed by atoms with van der Waals surface area (Å²) in [5.74, 6) is 0. The monoisotopic (exact) mass is 248 g/mol. The summed E-state index contributed by atoms with van der Waals surface area (Å²) in [6.07, 6.45) is 9.81. The van der Waals surface area contributed by atoms with Crippen molar-refractivity contribution in [1.29, 1.82) is 0 Å². The molecule has 0 aliphatic heterocycles. The van der Waals surface area contributed by atoms with E-state index in [4.69, 9.17) is 0 Å². The van der Waals surface area contributed by atoms with Crippen LogP contribution in [0.15, 0.2) is 72.8 Å². The molecule has 0 bridgehead atoms. The number of rotatable bonds is 2. The molecule has 0 nitrogen and oxygen atoms in total. The molecule has 0 atom stereocenters. The summed E-state index contributed by atoms with van der Waals surface area (Å²) < 4.78 is 0. The van der Waals surface area contributed by atoms with Crippen molar-refractivity contribution in [2.75, 3.05) is 0 Å². The van der Waals surface area contributed by atoms with Crippen LogP contribution in [-0.4, -0.2) is 0 Å². The molecule has 0 unspecified atom stereocenters. The van der Waals surface area contributed by atoms with E-state index in [0.717, 1.165) is 0 Å². The van der Waals surface area contributed by atoms with Gasteiger partial charge >= 0.3 is 0 Å². The maximum absolute atomic E-state index is 2.44. The van der Waals surface area contributed by atoms with Gasteiger partial charge in [0.05, 0.1) is 0 Å². The maximum atomic E-state index is 2.44. The van der Waals surface area contributed by atoms with E-state index >= 15 is 0 Å². The number of allylic oxidation sites excluding steroid dienone is 2. The van der Waals surface area contributed by atoms with Gasteiger partial charge in [-0.05, 0) is 30.4 Å². The van der Waals surface area contributed by atoms with Crippen LogP contribution in [0.1, 0.15) is 36.8 Å². The lowest BCUT2D eigenvalue weighted by Crippen LogP contribution is -2.24. The lowest BCUT2D eigenvalue weighted by atomic mass is 9.71. The average Bonchev–Trinajstić information content (AvgIpc) is 2.76. The Labute approximate surface area is 115 Å². The van der Waals surface area contributed by atoms with Crippen molar-refractivity contribution >= 4 is 0 Å². The first-order valence-electron chi connectivity index (χ1n) is 7.21. The third-order valence-electron chi connectivity index (χ3n) is 4.17. The summed E-state index contributed by atoms with van der Waals surface area (Å²) in [5.41, 5.74) is 2.90.